The largest absolute Gasteiger partial charge is 0.352 e. The minimum atomic E-state index is -0.473. The van der Waals surface area contributed by atoms with Crippen molar-refractivity contribution in [1.29, 1.82) is 0 Å². The Morgan fingerprint density at radius 2 is 1.88 bits per heavy atom. The minimum Gasteiger partial charge on any atom is -0.352 e. The van der Waals surface area contributed by atoms with Crippen LogP contribution >= 0.6 is 0 Å². The van der Waals surface area contributed by atoms with Gasteiger partial charge in [-0.05, 0) is 18.4 Å². The zero-order chi connectivity index (χ0) is 17.4. The molecule has 7 heteroatoms. The lowest BCUT2D eigenvalue weighted by molar-refractivity contribution is -0.133. The zero-order valence-corrected chi connectivity index (χ0v) is 14.1. The van der Waals surface area contributed by atoms with E-state index in [0.29, 0.717) is 13.1 Å². The average molecular weight is 342 g/mol. The van der Waals surface area contributed by atoms with Gasteiger partial charge in [-0.1, -0.05) is 30.3 Å². The molecule has 1 unspecified atom stereocenters. The van der Waals surface area contributed by atoms with E-state index in [1.807, 2.05) is 18.2 Å². The molecule has 4 rings (SSSR count). The van der Waals surface area contributed by atoms with Gasteiger partial charge in [-0.3, -0.25) is 19.4 Å². The van der Waals surface area contributed by atoms with E-state index in [9.17, 15) is 14.4 Å². The fraction of sp³-hybridized carbons (Fsp3) is 0.500. The maximum absolute atomic E-state index is 12.6. The smallest absolute Gasteiger partial charge is 0.328 e. The first-order valence-electron chi connectivity index (χ1n) is 8.79. The van der Waals surface area contributed by atoms with Crippen LogP contribution in [-0.4, -0.2) is 70.8 Å². The molecule has 1 aliphatic carbocycles. The number of hydrogen-bond acceptors (Lipinski definition) is 4. The van der Waals surface area contributed by atoms with Crippen LogP contribution in [0.5, 0.6) is 0 Å². The van der Waals surface area contributed by atoms with Crippen LogP contribution in [0.1, 0.15) is 18.4 Å². The van der Waals surface area contributed by atoms with Crippen LogP contribution in [0.2, 0.25) is 0 Å². The molecule has 0 aromatic heterocycles. The quantitative estimate of drug-likeness (QED) is 0.787. The van der Waals surface area contributed by atoms with E-state index in [4.69, 9.17) is 0 Å². The summed E-state index contributed by atoms with van der Waals surface area (Å²) in [6, 6.07) is 9.51. The van der Waals surface area contributed by atoms with Crippen LogP contribution in [-0.2, 0) is 16.1 Å². The fourth-order valence-electron chi connectivity index (χ4n) is 3.48. The van der Waals surface area contributed by atoms with Crippen LogP contribution in [0.15, 0.2) is 30.3 Å². The maximum atomic E-state index is 12.6. The molecule has 2 heterocycles. The molecule has 25 heavy (non-hydrogen) atoms. The molecule has 1 saturated carbocycles. The predicted molar refractivity (Wildman–Crippen MR) is 90.5 cm³/mol. The number of rotatable bonds is 5. The van der Waals surface area contributed by atoms with E-state index < -0.39 is 6.04 Å². The SMILES string of the molecule is O=C(CN1C(=O)C2CN(Cc3ccccc3)CCN2C1=O)NC1CC1. The Morgan fingerprint density at radius 3 is 2.60 bits per heavy atom. The molecule has 3 fully saturated rings. The van der Waals surface area contributed by atoms with Crippen molar-refractivity contribution in [3.05, 3.63) is 35.9 Å². The van der Waals surface area contributed by atoms with Crippen molar-refractivity contribution >= 4 is 17.8 Å². The summed E-state index contributed by atoms with van der Waals surface area (Å²) in [6.45, 7) is 2.35. The van der Waals surface area contributed by atoms with Crippen LogP contribution < -0.4 is 5.32 Å². The van der Waals surface area contributed by atoms with Crippen LogP contribution in [0.25, 0.3) is 0 Å². The number of nitrogens with one attached hydrogen (secondary N) is 1. The molecule has 0 radical (unpaired) electrons. The van der Waals surface area contributed by atoms with Gasteiger partial charge in [0.15, 0.2) is 0 Å². The molecule has 2 aliphatic heterocycles. The lowest BCUT2D eigenvalue weighted by Gasteiger charge is -2.35. The third kappa shape index (κ3) is 3.37. The van der Waals surface area contributed by atoms with E-state index in [0.717, 1.165) is 30.8 Å². The Bertz CT molecular complexity index is 689. The lowest BCUT2D eigenvalue weighted by Crippen LogP contribution is -2.52. The number of amides is 4. The second-order valence-electron chi connectivity index (χ2n) is 6.98. The Hall–Kier alpha value is -2.41. The third-order valence-electron chi connectivity index (χ3n) is 4.99. The molecule has 2 saturated heterocycles. The van der Waals surface area contributed by atoms with Crippen LogP contribution in [0.4, 0.5) is 4.79 Å². The number of fused-ring (bicyclic) bond motifs is 1. The van der Waals surface area contributed by atoms with E-state index in [1.54, 1.807) is 4.90 Å². The highest BCUT2D eigenvalue weighted by Gasteiger charge is 2.48. The highest BCUT2D eigenvalue weighted by Crippen LogP contribution is 2.23. The molecule has 0 bridgehead atoms. The summed E-state index contributed by atoms with van der Waals surface area (Å²) < 4.78 is 0. The van der Waals surface area contributed by atoms with Crippen molar-refractivity contribution in [1.82, 2.24) is 20.0 Å². The van der Waals surface area contributed by atoms with Gasteiger partial charge in [0, 0.05) is 32.2 Å². The normalized spacial score (nSPS) is 23.8. The summed E-state index contributed by atoms with van der Waals surface area (Å²) in [5, 5.41) is 2.83. The molecule has 1 aromatic rings. The first-order chi connectivity index (χ1) is 12.1. The molecule has 1 atom stereocenters. The van der Waals surface area contributed by atoms with Crippen molar-refractivity contribution in [2.75, 3.05) is 26.2 Å². The second kappa shape index (κ2) is 6.48. The highest BCUT2D eigenvalue weighted by molar-refractivity contribution is 6.06. The number of imide groups is 1. The molecule has 1 N–H and O–H groups in total. The number of carbonyl (C=O) groups excluding carboxylic acids is 3. The third-order valence-corrected chi connectivity index (χ3v) is 4.99. The van der Waals surface area contributed by atoms with Gasteiger partial charge in [0.05, 0.1) is 0 Å². The summed E-state index contributed by atoms with van der Waals surface area (Å²) in [4.78, 5) is 42.0. The Morgan fingerprint density at radius 1 is 1.12 bits per heavy atom. The van der Waals surface area contributed by atoms with E-state index in [1.165, 1.54) is 5.56 Å². The molecule has 3 aliphatic rings. The number of benzene rings is 1. The fourth-order valence-corrected chi connectivity index (χ4v) is 3.48. The van der Waals surface area contributed by atoms with Crippen LogP contribution in [0, 0.1) is 0 Å². The van der Waals surface area contributed by atoms with Gasteiger partial charge in [0.25, 0.3) is 5.91 Å². The standard InChI is InChI=1S/C18H22N4O3/c23-16(19-14-6-7-14)12-22-17(24)15-11-20(8-9-21(15)18(22)25)10-13-4-2-1-3-5-13/h1-5,14-15H,6-12H2,(H,19,23). The number of nitrogens with zero attached hydrogens (tertiary/aromatic N) is 3. The summed E-state index contributed by atoms with van der Waals surface area (Å²) in [5.41, 5.74) is 1.19. The van der Waals surface area contributed by atoms with Gasteiger partial charge in [-0.25, -0.2) is 4.79 Å². The number of urea groups is 1. The maximum Gasteiger partial charge on any atom is 0.328 e. The molecular weight excluding hydrogens is 320 g/mol. The Kier molecular flexibility index (Phi) is 4.17. The van der Waals surface area contributed by atoms with Crippen molar-refractivity contribution in [2.45, 2.75) is 31.5 Å². The Labute approximate surface area is 146 Å². The predicted octanol–water partition coefficient (Wildman–Crippen LogP) is 0.414. The first-order valence-corrected chi connectivity index (χ1v) is 8.79. The van der Waals surface area contributed by atoms with Gasteiger partial charge >= 0.3 is 6.03 Å². The van der Waals surface area contributed by atoms with Gasteiger partial charge in [-0.2, -0.15) is 0 Å². The molecule has 1 aromatic carbocycles. The Balaban J connectivity index is 1.39. The highest BCUT2D eigenvalue weighted by atomic mass is 16.2. The zero-order valence-electron chi connectivity index (χ0n) is 14.1. The van der Waals surface area contributed by atoms with Gasteiger partial charge in [0.1, 0.15) is 12.6 Å². The van der Waals surface area contributed by atoms with E-state index in [2.05, 4.69) is 22.3 Å². The average Bonchev–Trinajstić information content (AvgIpc) is 3.39. The molecule has 0 spiro atoms. The number of piperazine rings is 1. The topological polar surface area (TPSA) is 73.0 Å². The second-order valence-corrected chi connectivity index (χ2v) is 6.98. The molecule has 4 amide bonds. The molecule has 132 valence electrons. The van der Waals surface area contributed by atoms with Gasteiger partial charge < -0.3 is 10.2 Å². The summed E-state index contributed by atoms with van der Waals surface area (Å²) >= 11 is 0. The van der Waals surface area contributed by atoms with E-state index >= 15 is 0 Å². The number of carbonyl (C=O) groups is 3. The van der Waals surface area contributed by atoms with Gasteiger partial charge in [0.2, 0.25) is 5.91 Å². The lowest BCUT2D eigenvalue weighted by atomic mass is 10.1. The summed E-state index contributed by atoms with van der Waals surface area (Å²) in [6.07, 6.45) is 1.97. The monoisotopic (exact) mass is 342 g/mol. The van der Waals surface area contributed by atoms with E-state index in [-0.39, 0.29) is 30.4 Å². The van der Waals surface area contributed by atoms with Crippen molar-refractivity contribution in [3.63, 3.8) is 0 Å². The minimum absolute atomic E-state index is 0.167. The molecule has 7 nitrogen and oxygen atoms in total. The van der Waals surface area contributed by atoms with Crippen molar-refractivity contribution in [2.24, 2.45) is 0 Å². The van der Waals surface area contributed by atoms with Crippen molar-refractivity contribution < 1.29 is 14.4 Å². The van der Waals surface area contributed by atoms with Crippen LogP contribution in [0.3, 0.4) is 0 Å². The number of hydrogen-bond donors (Lipinski definition) is 1. The molecular formula is C18H22N4O3. The van der Waals surface area contributed by atoms with Gasteiger partial charge in [-0.15, -0.1) is 0 Å². The summed E-state index contributed by atoms with van der Waals surface area (Å²) in [5.74, 6) is -0.501. The first kappa shape index (κ1) is 16.1. The van der Waals surface area contributed by atoms with Crippen molar-refractivity contribution in [3.8, 4) is 0 Å². The summed E-state index contributed by atoms with van der Waals surface area (Å²) in [7, 11) is 0.